The summed E-state index contributed by atoms with van der Waals surface area (Å²) in [5.74, 6) is 1.55. The van der Waals surface area contributed by atoms with Crippen LogP contribution in [0.2, 0.25) is 0 Å². The van der Waals surface area contributed by atoms with Gasteiger partial charge in [-0.05, 0) is 56.2 Å². The molecule has 2 aromatic heterocycles. The fraction of sp³-hybridized carbons (Fsp3) is 0.259. The van der Waals surface area contributed by atoms with Gasteiger partial charge < -0.3 is 9.47 Å². The van der Waals surface area contributed by atoms with E-state index in [0.29, 0.717) is 39.2 Å². The van der Waals surface area contributed by atoms with Crippen molar-refractivity contribution in [1.29, 1.82) is 0 Å². The van der Waals surface area contributed by atoms with Crippen LogP contribution in [-0.4, -0.2) is 68.1 Å². The van der Waals surface area contributed by atoms with E-state index in [2.05, 4.69) is 20.4 Å². The van der Waals surface area contributed by atoms with Gasteiger partial charge in [-0.1, -0.05) is 41.7 Å². The molecular weight excluding hydrogens is 578 g/mol. The molecule has 0 radical (unpaired) electrons. The second kappa shape index (κ2) is 12.2. The van der Waals surface area contributed by atoms with Crippen LogP contribution in [0.15, 0.2) is 78.6 Å². The number of ether oxygens (including phenoxy) is 2. The Labute approximate surface area is 249 Å². The van der Waals surface area contributed by atoms with Gasteiger partial charge in [0.25, 0.3) is 11.1 Å². The summed E-state index contributed by atoms with van der Waals surface area (Å²) < 4.78 is 13.5. The predicted octanol–water partition coefficient (Wildman–Crippen LogP) is 3.00. The minimum Gasteiger partial charge on any atom is -0.497 e. The van der Waals surface area contributed by atoms with Crippen LogP contribution in [-0.2, 0) is 0 Å². The van der Waals surface area contributed by atoms with Crippen molar-refractivity contribution in [1.82, 2.24) is 29.7 Å². The average molecular weight is 606 g/mol. The van der Waals surface area contributed by atoms with Crippen molar-refractivity contribution in [2.24, 2.45) is 10.2 Å². The van der Waals surface area contributed by atoms with Crippen LogP contribution in [0, 0.1) is 13.8 Å². The van der Waals surface area contributed by atoms with Crippen molar-refractivity contribution in [3.63, 3.8) is 0 Å². The Balaban J connectivity index is 1.84. The first kappa shape index (κ1) is 29.0. The summed E-state index contributed by atoms with van der Waals surface area (Å²) in [4.78, 5) is 28.2. The van der Waals surface area contributed by atoms with Gasteiger partial charge in [0.2, 0.25) is 10.3 Å². The van der Waals surface area contributed by atoms with Gasteiger partial charge in [0.1, 0.15) is 28.8 Å². The summed E-state index contributed by atoms with van der Waals surface area (Å²) in [7, 11) is 3.15. The number of amidine groups is 2. The number of aromatic nitrogens is 6. The van der Waals surface area contributed by atoms with E-state index in [1.807, 2.05) is 48.5 Å². The van der Waals surface area contributed by atoms with Crippen LogP contribution < -0.4 is 25.5 Å². The first-order chi connectivity index (χ1) is 20.3. The summed E-state index contributed by atoms with van der Waals surface area (Å²) >= 11 is 2.49. The Hall–Kier alpha value is -4.50. The molecule has 0 saturated carbocycles. The molecule has 15 heteroatoms. The molecule has 42 heavy (non-hydrogen) atoms. The maximum absolute atomic E-state index is 13.2. The van der Waals surface area contributed by atoms with E-state index in [0.717, 1.165) is 5.56 Å². The van der Waals surface area contributed by atoms with E-state index in [-0.39, 0.29) is 11.4 Å². The van der Waals surface area contributed by atoms with Gasteiger partial charge >= 0.3 is 0 Å². The standard InChI is InChI=1S/C27H27N9O4S2/c1-15-24(37)35(26(41-5)30-28-15)32-22-21(17-9-7-11-19(13-17)39-3)23(34(22)18-10-8-12-20(14-18)40-4)33-36-25(38)16(2)29-31-27(36)42-6/h7-14,21H,1-6H3/b32-22+,33-23+. The fourth-order valence-corrected chi connectivity index (χ4v) is 5.12. The van der Waals surface area contributed by atoms with Gasteiger partial charge in [-0.2, -0.15) is 9.35 Å². The molecule has 1 saturated heterocycles. The van der Waals surface area contributed by atoms with Gasteiger partial charge in [0, 0.05) is 6.07 Å². The minimum absolute atomic E-state index is 0.200. The number of aryl methyl sites for hydroxylation is 2. The highest BCUT2D eigenvalue weighted by molar-refractivity contribution is 7.98. The van der Waals surface area contributed by atoms with Crippen molar-refractivity contribution < 1.29 is 9.47 Å². The van der Waals surface area contributed by atoms with Crippen LogP contribution in [0.4, 0.5) is 5.69 Å². The number of anilines is 1. The normalized spacial score (nSPS) is 16.5. The zero-order valence-electron chi connectivity index (χ0n) is 23.7. The Morgan fingerprint density at radius 3 is 1.74 bits per heavy atom. The van der Waals surface area contributed by atoms with Crippen molar-refractivity contribution in [3.05, 3.63) is 86.2 Å². The molecule has 0 amide bonds. The topological polar surface area (TPSA) is 142 Å². The van der Waals surface area contributed by atoms with Gasteiger partial charge in [-0.15, -0.1) is 30.6 Å². The fourth-order valence-electron chi connectivity index (χ4n) is 4.29. The number of methoxy groups -OCH3 is 2. The van der Waals surface area contributed by atoms with E-state index in [1.54, 1.807) is 45.5 Å². The molecule has 0 unspecified atom stereocenters. The summed E-state index contributed by atoms with van der Waals surface area (Å²) in [6.07, 6.45) is 3.58. The summed E-state index contributed by atoms with van der Waals surface area (Å²) in [6.45, 7) is 3.16. The van der Waals surface area contributed by atoms with Gasteiger partial charge in [0.15, 0.2) is 11.7 Å². The Morgan fingerprint density at radius 2 is 1.24 bits per heavy atom. The average Bonchev–Trinajstić information content (AvgIpc) is 3.01. The number of nitrogens with zero attached hydrogens (tertiary/aromatic N) is 9. The molecule has 13 nitrogen and oxygen atoms in total. The van der Waals surface area contributed by atoms with Crippen LogP contribution in [0.5, 0.6) is 11.5 Å². The summed E-state index contributed by atoms with van der Waals surface area (Å²) in [6, 6.07) is 14.8. The molecule has 0 N–H and O–H groups in total. The Bertz CT molecular complexity index is 1690. The van der Waals surface area contributed by atoms with E-state index >= 15 is 0 Å². The zero-order chi connectivity index (χ0) is 30.0. The molecule has 1 aliphatic rings. The van der Waals surface area contributed by atoms with Crippen LogP contribution >= 0.6 is 23.5 Å². The lowest BCUT2D eigenvalue weighted by Gasteiger charge is -2.43. The SMILES string of the molecule is COc1cccc(C2/C(=N\n3c(SC)nnc(C)c3=O)N(c3cccc(OC)c3)/C2=N/n2c(SC)nnc(C)c2=O)c1. The number of benzene rings is 2. The maximum atomic E-state index is 13.2. The van der Waals surface area contributed by atoms with Crippen molar-refractivity contribution in [2.45, 2.75) is 30.1 Å². The van der Waals surface area contributed by atoms with Gasteiger partial charge in [-0.25, -0.2) is 0 Å². The largest absolute Gasteiger partial charge is 0.497 e. The second-order valence-corrected chi connectivity index (χ2v) is 10.5. The minimum atomic E-state index is -0.587. The van der Waals surface area contributed by atoms with E-state index < -0.39 is 17.0 Å². The predicted molar refractivity (Wildman–Crippen MR) is 162 cm³/mol. The lowest BCUT2D eigenvalue weighted by Crippen LogP contribution is -2.58. The third-order valence-corrected chi connectivity index (χ3v) is 7.66. The highest BCUT2D eigenvalue weighted by atomic mass is 32.2. The molecule has 0 bridgehead atoms. The van der Waals surface area contributed by atoms with Gasteiger partial charge in [0.05, 0.1) is 19.9 Å². The van der Waals surface area contributed by atoms with Crippen LogP contribution in [0.3, 0.4) is 0 Å². The summed E-state index contributed by atoms with van der Waals surface area (Å²) in [5.41, 5.74) is 1.02. The molecule has 0 aliphatic carbocycles. The van der Waals surface area contributed by atoms with E-state index in [1.165, 1.54) is 32.9 Å². The molecule has 0 atom stereocenters. The lowest BCUT2D eigenvalue weighted by atomic mass is 9.87. The number of hydrogen-bond donors (Lipinski definition) is 0. The Kier molecular flexibility index (Phi) is 8.40. The number of thioether (sulfide) groups is 2. The zero-order valence-corrected chi connectivity index (χ0v) is 25.3. The molecule has 4 aromatic rings. The molecular formula is C27H27N9O4S2. The first-order valence-electron chi connectivity index (χ1n) is 12.6. The first-order valence-corrected chi connectivity index (χ1v) is 15.0. The molecule has 2 aromatic carbocycles. The highest BCUT2D eigenvalue weighted by Gasteiger charge is 2.46. The molecule has 1 aliphatic heterocycles. The summed E-state index contributed by atoms with van der Waals surface area (Å²) in [5, 5.41) is 26.6. The maximum Gasteiger partial charge on any atom is 0.296 e. The number of hydrogen-bond acceptors (Lipinski definition) is 12. The quantitative estimate of drug-likeness (QED) is 0.274. The van der Waals surface area contributed by atoms with Crippen LogP contribution in [0.25, 0.3) is 0 Å². The third-order valence-electron chi connectivity index (χ3n) is 6.42. The molecule has 3 heterocycles. The van der Waals surface area contributed by atoms with E-state index in [4.69, 9.17) is 19.7 Å². The smallest absolute Gasteiger partial charge is 0.296 e. The van der Waals surface area contributed by atoms with Crippen LogP contribution in [0.1, 0.15) is 22.9 Å². The highest BCUT2D eigenvalue weighted by Crippen LogP contribution is 2.39. The van der Waals surface area contributed by atoms with E-state index in [9.17, 15) is 9.59 Å². The number of rotatable bonds is 8. The molecule has 216 valence electrons. The third kappa shape index (κ3) is 5.27. The Morgan fingerprint density at radius 1 is 0.738 bits per heavy atom. The lowest BCUT2D eigenvalue weighted by molar-refractivity contribution is 0.414. The molecule has 1 fully saturated rings. The van der Waals surface area contributed by atoms with Crippen molar-refractivity contribution in [3.8, 4) is 11.5 Å². The second-order valence-electron chi connectivity index (χ2n) is 8.94. The monoisotopic (exact) mass is 605 g/mol. The molecule has 0 spiro atoms. The van der Waals surface area contributed by atoms with Crippen molar-refractivity contribution >= 4 is 40.9 Å². The van der Waals surface area contributed by atoms with Crippen molar-refractivity contribution in [2.75, 3.05) is 31.6 Å². The molecule has 5 rings (SSSR count). The van der Waals surface area contributed by atoms with Gasteiger partial charge in [-0.3, -0.25) is 14.5 Å².